The molecule has 4 nitrogen and oxygen atoms in total. The van der Waals surface area contributed by atoms with E-state index < -0.39 is 5.97 Å². The highest BCUT2D eigenvalue weighted by Gasteiger charge is 1.95. The van der Waals surface area contributed by atoms with E-state index in [1.54, 1.807) is 0 Å². The Labute approximate surface area is 136 Å². The Balaban J connectivity index is 0. The van der Waals surface area contributed by atoms with E-state index in [-0.39, 0.29) is 6.61 Å². The molecular weight excluding hydrogens is 278 g/mol. The lowest BCUT2D eigenvalue weighted by molar-refractivity contribution is -0.137. The van der Waals surface area contributed by atoms with Crippen molar-refractivity contribution >= 4 is 5.97 Å². The van der Waals surface area contributed by atoms with Crippen LogP contribution in [0.5, 0.6) is 0 Å². The van der Waals surface area contributed by atoms with Crippen LogP contribution in [0.3, 0.4) is 0 Å². The molecule has 0 saturated carbocycles. The van der Waals surface area contributed by atoms with E-state index >= 15 is 0 Å². The number of aliphatic carboxylic acids is 1. The monoisotopic (exact) mass is 315 g/mol. The third-order valence-corrected chi connectivity index (χ3v) is 3.28. The Hall–Kier alpha value is -0.870. The van der Waals surface area contributed by atoms with Gasteiger partial charge in [-0.3, -0.25) is 4.79 Å². The van der Waals surface area contributed by atoms with Crippen LogP contribution in [0.15, 0.2) is 12.2 Å². The number of nitrogens with two attached hydrogens (primary N) is 1. The number of allylic oxidation sites excluding steroid dienone is 2. The number of carbonyl (C=O) groups is 1. The van der Waals surface area contributed by atoms with Crippen molar-refractivity contribution in [1.29, 1.82) is 0 Å². The second-order valence-corrected chi connectivity index (χ2v) is 5.53. The second kappa shape index (κ2) is 22.4. The molecule has 0 aliphatic carbocycles. The van der Waals surface area contributed by atoms with Crippen LogP contribution in [0.4, 0.5) is 0 Å². The first-order valence-electron chi connectivity index (χ1n) is 8.86. The van der Waals surface area contributed by atoms with Crippen LogP contribution in [0.2, 0.25) is 0 Å². The van der Waals surface area contributed by atoms with Gasteiger partial charge in [0.1, 0.15) is 0 Å². The van der Waals surface area contributed by atoms with Crippen LogP contribution < -0.4 is 5.73 Å². The molecule has 0 aliphatic rings. The minimum atomic E-state index is -0.666. The lowest BCUT2D eigenvalue weighted by Gasteiger charge is -1.98. The average molecular weight is 315 g/mol. The van der Waals surface area contributed by atoms with Crippen LogP contribution in [-0.2, 0) is 4.79 Å². The number of carboxylic acids is 1. The van der Waals surface area contributed by atoms with E-state index in [1.165, 1.54) is 57.8 Å². The van der Waals surface area contributed by atoms with E-state index in [0.717, 1.165) is 12.8 Å². The summed E-state index contributed by atoms with van der Waals surface area (Å²) < 4.78 is 0. The highest BCUT2D eigenvalue weighted by atomic mass is 16.4. The summed E-state index contributed by atoms with van der Waals surface area (Å²) in [7, 11) is 0. The number of aliphatic hydroxyl groups excluding tert-OH is 1. The van der Waals surface area contributed by atoms with Gasteiger partial charge in [0.15, 0.2) is 0 Å². The zero-order valence-corrected chi connectivity index (χ0v) is 14.4. The fraction of sp³-hybridized carbons (Fsp3) is 0.833. The van der Waals surface area contributed by atoms with Crippen molar-refractivity contribution in [2.45, 2.75) is 84.0 Å². The van der Waals surface area contributed by atoms with Crippen molar-refractivity contribution in [1.82, 2.24) is 0 Å². The Kier molecular flexibility index (Phi) is 23.8. The summed E-state index contributed by atoms with van der Waals surface area (Å²) in [4.78, 5) is 10.3. The van der Waals surface area contributed by atoms with E-state index in [9.17, 15) is 4.79 Å². The van der Waals surface area contributed by atoms with E-state index in [1.807, 2.05) is 0 Å². The number of rotatable bonds is 14. The second-order valence-electron chi connectivity index (χ2n) is 5.53. The lowest BCUT2D eigenvalue weighted by atomic mass is 10.1. The summed E-state index contributed by atoms with van der Waals surface area (Å²) in [6.45, 7) is 2.71. The van der Waals surface area contributed by atoms with Crippen molar-refractivity contribution in [3.8, 4) is 0 Å². The minimum Gasteiger partial charge on any atom is -0.481 e. The molecule has 4 N–H and O–H groups in total. The SMILES string of the molecule is CCCCCC/C=C\CCCCCCCC(=O)O.NCCO. The number of hydrogen-bond donors (Lipinski definition) is 3. The van der Waals surface area contributed by atoms with Gasteiger partial charge in [-0.05, 0) is 32.1 Å². The first-order chi connectivity index (χ1) is 10.7. The molecule has 0 amide bonds. The van der Waals surface area contributed by atoms with E-state index in [4.69, 9.17) is 15.9 Å². The molecule has 0 heterocycles. The van der Waals surface area contributed by atoms with Gasteiger partial charge in [0, 0.05) is 13.0 Å². The molecular formula is C18H37NO3. The molecule has 0 rings (SSSR count). The Morgan fingerprint density at radius 1 is 0.909 bits per heavy atom. The van der Waals surface area contributed by atoms with Gasteiger partial charge >= 0.3 is 5.97 Å². The standard InChI is InChI=1S/C16H30O2.C2H7NO/c1-2-3-4-5-6-7-8-9-10-11-12-13-14-15-16(17)18;3-1-2-4/h7-8H,2-6,9-15H2,1H3,(H,17,18);4H,1-3H2/b8-7-;. The molecule has 0 aromatic rings. The van der Waals surface area contributed by atoms with Gasteiger partial charge < -0.3 is 15.9 Å². The summed E-state index contributed by atoms with van der Waals surface area (Å²) in [5.74, 6) is -0.666. The predicted molar refractivity (Wildman–Crippen MR) is 94.0 cm³/mol. The van der Waals surface area contributed by atoms with Gasteiger partial charge in [-0.1, -0.05) is 57.6 Å². The zero-order valence-electron chi connectivity index (χ0n) is 14.4. The van der Waals surface area contributed by atoms with Gasteiger partial charge in [0.05, 0.1) is 6.61 Å². The number of unbranched alkanes of at least 4 members (excludes halogenated alkanes) is 9. The summed E-state index contributed by atoms with van der Waals surface area (Å²) in [6, 6.07) is 0. The summed E-state index contributed by atoms with van der Waals surface area (Å²) in [5, 5.41) is 16.2. The van der Waals surface area contributed by atoms with Gasteiger partial charge in [-0.25, -0.2) is 0 Å². The van der Waals surface area contributed by atoms with Crippen LogP contribution in [-0.4, -0.2) is 29.3 Å². The Bertz CT molecular complexity index is 240. The zero-order chi connectivity index (χ0) is 16.9. The van der Waals surface area contributed by atoms with Gasteiger partial charge in [-0.15, -0.1) is 0 Å². The number of carboxylic acid groups (broad SMARTS) is 1. The maximum absolute atomic E-state index is 10.3. The molecule has 0 unspecified atom stereocenters. The van der Waals surface area contributed by atoms with Crippen molar-refractivity contribution in [3.05, 3.63) is 12.2 Å². The van der Waals surface area contributed by atoms with E-state index in [0.29, 0.717) is 13.0 Å². The van der Waals surface area contributed by atoms with Crippen LogP contribution >= 0.6 is 0 Å². The first kappa shape index (κ1) is 23.4. The molecule has 132 valence electrons. The average Bonchev–Trinajstić information content (AvgIpc) is 2.52. The van der Waals surface area contributed by atoms with Gasteiger partial charge in [0.25, 0.3) is 0 Å². The number of hydrogen-bond acceptors (Lipinski definition) is 3. The molecule has 0 atom stereocenters. The maximum Gasteiger partial charge on any atom is 0.303 e. The summed E-state index contributed by atoms with van der Waals surface area (Å²) >= 11 is 0. The molecule has 0 aromatic heterocycles. The van der Waals surface area contributed by atoms with Crippen molar-refractivity contribution in [2.24, 2.45) is 5.73 Å². The Morgan fingerprint density at radius 2 is 1.36 bits per heavy atom. The lowest BCUT2D eigenvalue weighted by Crippen LogP contribution is -2.02. The largest absolute Gasteiger partial charge is 0.481 e. The molecule has 4 heteroatoms. The quantitative estimate of drug-likeness (QED) is 0.330. The third-order valence-electron chi connectivity index (χ3n) is 3.28. The van der Waals surface area contributed by atoms with E-state index in [2.05, 4.69) is 19.1 Å². The molecule has 0 fully saturated rings. The fourth-order valence-electron chi connectivity index (χ4n) is 1.99. The summed E-state index contributed by atoms with van der Waals surface area (Å²) in [5.41, 5.74) is 4.78. The highest BCUT2D eigenvalue weighted by molar-refractivity contribution is 5.66. The summed E-state index contributed by atoms with van der Waals surface area (Å²) in [6.07, 6.45) is 18.3. The first-order valence-corrected chi connectivity index (χ1v) is 8.86. The van der Waals surface area contributed by atoms with Crippen molar-refractivity contribution in [3.63, 3.8) is 0 Å². The molecule has 0 bridgehead atoms. The molecule has 0 saturated heterocycles. The fourth-order valence-corrected chi connectivity index (χ4v) is 1.99. The highest BCUT2D eigenvalue weighted by Crippen LogP contribution is 2.08. The molecule has 0 radical (unpaired) electrons. The van der Waals surface area contributed by atoms with Gasteiger partial charge in [0.2, 0.25) is 0 Å². The van der Waals surface area contributed by atoms with Crippen LogP contribution in [0, 0.1) is 0 Å². The molecule has 0 spiro atoms. The topological polar surface area (TPSA) is 83.5 Å². The number of aliphatic hydroxyl groups is 1. The van der Waals surface area contributed by atoms with Crippen LogP contribution in [0.1, 0.15) is 84.0 Å². The maximum atomic E-state index is 10.3. The molecule has 22 heavy (non-hydrogen) atoms. The normalized spacial score (nSPS) is 10.5. The molecule has 0 aromatic carbocycles. The smallest absolute Gasteiger partial charge is 0.303 e. The molecule has 0 aliphatic heterocycles. The van der Waals surface area contributed by atoms with Crippen molar-refractivity contribution in [2.75, 3.05) is 13.2 Å². The van der Waals surface area contributed by atoms with Gasteiger partial charge in [-0.2, -0.15) is 0 Å². The third kappa shape index (κ3) is 27.5. The van der Waals surface area contributed by atoms with Crippen LogP contribution in [0.25, 0.3) is 0 Å². The Morgan fingerprint density at radius 3 is 1.82 bits per heavy atom. The minimum absolute atomic E-state index is 0.0972. The van der Waals surface area contributed by atoms with Crippen molar-refractivity contribution < 1.29 is 15.0 Å². The predicted octanol–water partition coefficient (Wildman–Crippen LogP) is 4.27.